The third-order valence-electron chi connectivity index (χ3n) is 4.86. The van der Waals surface area contributed by atoms with Crippen molar-refractivity contribution in [3.8, 4) is 34.0 Å². The summed E-state index contributed by atoms with van der Waals surface area (Å²) in [5.41, 5.74) is 2.71. The number of ether oxygens (including phenoxy) is 1. The SMILES string of the molecule is O=c1c(Oc2ccc(-c3ccncc3)cc2)c(-n2ccnc2)cnn1-c1ccc(Cl)cc1. The highest BCUT2D eigenvalue weighted by Gasteiger charge is 2.17. The summed E-state index contributed by atoms with van der Waals surface area (Å²) in [5, 5.41) is 4.89. The van der Waals surface area contributed by atoms with E-state index in [0.29, 0.717) is 22.1 Å². The third kappa shape index (κ3) is 3.89. The molecule has 8 heteroatoms. The number of hydrogen-bond acceptors (Lipinski definition) is 5. The maximum atomic E-state index is 13.4. The molecule has 5 rings (SSSR count). The van der Waals surface area contributed by atoms with Gasteiger partial charge in [0.25, 0.3) is 0 Å². The number of aromatic nitrogens is 5. The molecule has 32 heavy (non-hydrogen) atoms. The fourth-order valence-corrected chi connectivity index (χ4v) is 3.38. The van der Waals surface area contributed by atoms with Gasteiger partial charge in [0.15, 0.2) is 0 Å². The molecule has 0 amide bonds. The van der Waals surface area contributed by atoms with Crippen LogP contribution in [0, 0.1) is 0 Å². The first-order valence-corrected chi connectivity index (χ1v) is 10.1. The molecule has 0 unspecified atom stereocenters. The summed E-state index contributed by atoms with van der Waals surface area (Å²) in [6.07, 6.45) is 9.99. The van der Waals surface area contributed by atoms with Gasteiger partial charge in [-0.05, 0) is 59.7 Å². The van der Waals surface area contributed by atoms with Gasteiger partial charge in [0.1, 0.15) is 11.4 Å². The highest BCUT2D eigenvalue weighted by atomic mass is 35.5. The number of rotatable bonds is 5. The van der Waals surface area contributed by atoms with Crippen molar-refractivity contribution in [1.82, 2.24) is 24.3 Å². The molecule has 0 bridgehead atoms. The molecule has 156 valence electrons. The lowest BCUT2D eigenvalue weighted by molar-refractivity contribution is 0.464. The summed E-state index contributed by atoms with van der Waals surface area (Å²) in [5.74, 6) is 0.653. The van der Waals surface area contributed by atoms with Crippen LogP contribution >= 0.6 is 11.6 Å². The summed E-state index contributed by atoms with van der Waals surface area (Å²) in [7, 11) is 0. The van der Waals surface area contributed by atoms with Gasteiger partial charge in [0.05, 0.1) is 18.2 Å². The van der Waals surface area contributed by atoms with E-state index in [-0.39, 0.29) is 5.75 Å². The molecule has 0 aliphatic rings. The van der Waals surface area contributed by atoms with Crippen LogP contribution in [0.2, 0.25) is 5.02 Å². The van der Waals surface area contributed by atoms with Crippen molar-refractivity contribution in [3.05, 3.63) is 113 Å². The zero-order chi connectivity index (χ0) is 21.9. The lowest BCUT2D eigenvalue weighted by atomic mass is 10.1. The maximum Gasteiger partial charge on any atom is 0.316 e. The predicted octanol–water partition coefficient (Wildman–Crippen LogP) is 4.93. The molecule has 0 saturated heterocycles. The second-order valence-corrected chi connectivity index (χ2v) is 7.32. The van der Waals surface area contributed by atoms with E-state index in [1.165, 1.54) is 4.68 Å². The van der Waals surface area contributed by atoms with Gasteiger partial charge in [-0.2, -0.15) is 9.78 Å². The topological polar surface area (TPSA) is 74.8 Å². The number of benzene rings is 2. The summed E-state index contributed by atoms with van der Waals surface area (Å²) in [6, 6.07) is 18.2. The molecule has 0 atom stereocenters. The van der Waals surface area contributed by atoms with Crippen LogP contribution in [0.15, 0.2) is 103 Å². The number of pyridine rings is 1. The van der Waals surface area contributed by atoms with E-state index in [1.807, 2.05) is 36.4 Å². The summed E-state index contributed by atoms with van der Waals surface area (Å²) in [4.78, 5) is 21.5. The largest absolute Gasteiger partial charge is 0.449 e. The quantitative estimate of drug-likeness (QED) is 0.386. The molecule has 0 aliphatic carbocycles. The van der Waals surface area contributed by atoms with Gasteiger partial charge >= 0.3 is 5.56 Å². The summed E-state index contributed by atoms with van der Waals surface area (Å²) >= 11 is 5.98. The Morgan fingerprint density at radius 2 is 1.53 bits per heavy atom. The number of imidazole rings is 1. The first-order valence-electron chi connectivity index (χ1n) is 9.74. The monoisotopic (exact) mass is 441 g/mol. The van der Waals surface area contributed by atoms with Crippen LogP contribution in [0.1, 0.15) is 0 Å². The molecule has 2 aromatic carbocycles. The minimum Gasteiger partial charge on any atom is -0.449 e. The molecular formula is C24H16ClN5O2. The second-order valence-electron chi connectivity index (χ2n) is 6.88. The number of nitrogens with zero attached hydrogens (tertiary/aromatic N) is 5. The Bertz CT molecular complexity index is 1400. The van der Waals surface area contributed by atoms with Gasteiger partial charge in [-0.3, -0.25) is 9.78 Å². The molecule has 3 aromatic heterocycles. The molecule has 7 nitrogen and oxygen atoms in total. The molecule has 3 heterocycles. The van der Waals surface area contributed by atoms with Crippen LogP contribution in [0.4, 0.5) is 0 Å². The van der Waals surface area contributed by atoms with Gasteiger partial charge in [-0.15, -0.1) is 0 Å². The third-order valence-corrected chi connectivity index (χ3v) is 5.11. The van der Waals surface area contributed by atoms with Gasteiger partial charge in [-0.25, -0.2) is 4.98 Å². The maximum absolute atomic E-state index is 13.4. The van der Waals surface area contributed by atoms with Crippen molar-refractivity contribution in [1.29, 1.82) is 0 Å². The summed E-state index contributed by atoms with van der Waals surface area (Å²) < 4.78 is 9.04. The Kier molecular flexibility index (Phi) is 5.23. The molecule has 0 fully saturated rings. The van der Waals surface area contributed by atoms with Crippen molar-refractivity contribution in [3.63, 3.8) is 0 Å². The van der Waals surface area contributed by atoms with Crippen LogP contribution in [0.3, 0.4) is 0 Å². The number of halogens is 1. The Labute approximate surface area is 188 Å². The Balaban J connectivity index is 1.56. The zero-order valence-electron chi connectivity index (χ0n) is 16.7. The van der Waals surface area contributed by atoms with E-state index < -0.39 is 5.56 Å². The average molecular weight is 442 g/mol. The van der Waals surface area contributed by atoms with E-state index in [4.69, 9.17) is 16.3 Å². The van der Waals surface area contributed by atoms with Crippen molar-refractivity contribution >= 4 is 11.6 Å². The molecule has 0 radical (unpaired) electrons. The highest BCUT2D eigenvalue weighted by Crippen LogP contribution is 2.27. The van der Waals surface area contributed by atoms with Crippen LogP contribution in [0.25, 0.3) is 22.5 Å². The standard InChI is InChI=1S/C24H16ClN5O2/c25-19-3-5-20(6-4-19)30-24(31)23(22(15-28-30)29-14-13-27-16-29)32-21-7-1-17(2-8-21)18-9-11-26-12-10-18/h1-16H. The van der Waals surface area contributed by atoms with Crippen LogP contribution in [-0.2, 0) is 0 Å². The second kappa shape index (κ2) is 8.49. The van der Waals surface area contributed by atoms with Crippen LogP contribution in [0.5, 0.6) is 11.5 Å². The van der Waals surface area contributed by atoms with E-state index in [2.05, 4.69) is 15.1 Å². The predicted molar refractivity (Wildman–Crippen MR) is 122 cm³/mol. The van der Waals surface area contributed by atoms with Crippen molar-refractivity contribution in [2.24, 2.45) is 0 Å². The average Bonchev–Trinajstić information content (AvgIpc) is 3.37. The lowest BCUT2D eigenvalue weighted by Crippen LogP contribution is -2.23. The van der Waals surface area contributed by atoms with Gasteiger partial charge in [-0.1, -0.05) is 23.7 Å². The molecule has 0 N–H and O–H groups in total. The van der Waals surface area contributed by atoms with Crippen LogP contribution < -0.4 is 10.3 Å². The molecular weight excluding hydrogens is 426 g/mol. The molecule has 0 aliphatic heterocycles. The lowest BCUT2D eigenvalue weighted by Gasteiger charge is -2.14. The Morgan fingerprint density at radius 3 is 2.22 bits per heavy atom. The van der Waals surface area contributed by atoms with E-state index in [9.17, 15) is 4.79 Å². The van der Waals surface area contributed by atoms with Crippen molar-refractivity contribution < 1.29 is 4.74 Å². The van der Waals surface area contributed by atoms with Crippen LogP contribution in [-0.4, -0.2) is 24.3 Å². The van der Waals surface area contributed by atoms with E-state index >= 15 is 0 Å². The Hall–Kier alpha value is -4.23. The Morgan fingerprint density at radius 1 is 0.812 bits per heavy atom. The summed E-state index contributed by atoms with van der Waals surface area (Å²) in [6.45, 7) is 0. The fraction of sp³-hybridized carbons (Fsp3) is 0. The minimum absolute atomic E-state index is 0.129. The fourth-order valence-electron chi connectivity index (χ4n) is 3.25. The molecule has 5 aromatic rings. The van der Waals surface area contributed by atoms with Crippen molar-refractivity contribution in [2.45, 2.75) is 0 Å². The number of hydrogen-bond donors (Lipinski definition) is 0. The molecule has 0 spiro atoms. The molecule has 0 saturated carbocycles. The minimum atomic E-state index is -0.406. The first kappa shape index (κ1) is 19.7. The smallest absolute Gasteiger partial charge is 0.316 e. The zero-order valence-corrected chi connectivity index (χ0v) is 17.4. The van der Waals surface area contributed by atoms with Gasteiger partial charge in [0, 0.05) is 29.8 Å². The van der Waals surface area contributed by atoms with Gasteiger partial charge < -0.3 is 9.30 Å². The first-order chi connectivity index (χ1) is 15.7. The van der Waals surface area contributed by atoms with E-state index in [1.54, 1.807) is 66.1 Å². The van der Waals surface area contributed by atoms with E-state index in [0.717, 1.165) is 11.1 Å². The highest BCUT2D eigenvalue weighted by molar-refractivity contribution is 6.30. The van der Waals surface area contributed by atoms with Crippen molar-refractivity contribution in [2.75, 3.05) is 0 Å². The van der Waals surface area contributed by atoms with Gasteiger partial charge in [0.2, 0.25) is 5.75 Å². The normalized spacial score (nSPS) is 10.8.